The van der Waals surface area contributed by atoms with Crippen molar-refractivity contribution in [3.8, 4) is 0 Å². The molecule has 16 heavy (non-hydrogen) atoms. The number of carboxylic acids is 1. The van der Waals surface area contributed by atoms with Crippen molar-refractivity contribution in [1.29, 1.82) is 0 Å². The predicted octanol–water partition coefficient (Wildman–Crippen LogP) is 1.49. The predicted molar refractivity (Wildman–Crippen MR) is 52.3 cm³/mol. The molecule has 2 aliphatic carbocycles. The summed E-state index contributed by atoms with van der Waals surface area (Å²) in [5, 5.41) is 19.4. The Balaban J connectivity index is 2.11. The average Bonchev–Trinajstić information content (AvgIpc) is 2.40. The summed E-state index contributed by atoms with van der Waals surface area (Å²) in [5.41, 5.74) is -0.791. The number of nitrogens with zero attached hydrogens (tertiary/aromatic N) is 1. The molecule has 0 amide bonds. The van der Waals surface area contributed by atoms with Crippen LogP contribution in [0.4, 0.5) is 4.39 Å². The smallest absolute Gasteiger partial charge is 0.304 e. The van der Waals surface area contributed by atoms with Crippen LogP contribution in [0.5, 0.6) is 0 Å². The maximum Gasteiger partial charge on any atom is 0.304 e. The first-order valence-corrected chi connectivity index (χ1v) is 5.40. The van der Waals surface area contributed by atoms with Crippen LogP contribution in [0.2, 0.25) is 0 Å². The van der Waals surface area contributed by atoms with E-state index in [0.29, 0.717) is 19.3 Å². The zero-order valence-corrected chi connectivity index (χ0v) is 8.76. The Labute approximate surface area is 91.8 Å². The minimum Gasteiger partial charge on any atom is -0.481 e. The summed E-state index contributed by atoms with van der Waals surface area (Å²) in [7, 11) is 0. The largest absolute Gasteiger partial charge is 0.481 e. The van der Waals surface area contributed by atoms with E-state index in [0.717, 1.165) is 0 Å². The van der Waals surface area contributed by atoms with Gasteiger partial charge in [-0.2, -0.15) is 0 Å². The van der Waals surface area contributed by atoms with Crippen LogP contribution in [0.3, 0.4) is 0 Å². The SMILES string of the molecule is O=C(O)CC1(C[N+](=O)[O-])C[C@H]2C[C@H](F)C[C@H]21. The van der Waals surface area contributed by atoms with Crippen LogP contribution in [0, 0.1) is 27.4 Å². The fraction of sp³-hybridized carbons (Fsp3) is 0.900. The summed E-state index contributed by atoms with van der Waals surface area (Å²) in [6.45, 7) is -0.340. The van der Waals surface area contributed by atoms with Gasteiger partial charge in [0, 0.05) is 10.3 Å². The Hall–Kier alpha value is -1.20. The molecule has 1 N–H and O–H groups in total. The maximum atomic E-state index is 13.2. The summed E-state index contributed by atoms with van der Waals surface area (Å²) in [4.78, 5) is 20.9. The van der Waals surface area contributed by atoms with E-state index < -0.39 is 22.5 Å². The molecule has 0 spiro atoms. The van der Waals surface area contributed by atoms with Crippen molar-refractivity contribution in [2.75, 3.05) is 6.54 Å². The van der Waals surface area contributed by atoms with Crippen LogP contribution in [0.15, 0.2) is 0 Å². The molecule has 2 aliphatic rings. The minimum atomic E-state index is -1.03. The number of nitro groups is 1. The number of fused-ring (bicyclic) bond motifs is 1. The van der Waals surface area contributed by atoms with Gasteiger partial charge in [0.1, 0.15) is 6.17 Å². The van der Waals surface area contributed by atoms with Gasteiger partial charge >= 0.3 is 5.97 Å². The van der Waals surface area contributed by atoms with Gasteiger partial charge in [-0.1, -0.05) is 0 Å². The lowest BCUT2D eigenvalue weighted by molar-refractivity contribution is -0.506. The zero-order valence-electron chi connectivity index (χ0n) is 8.76. The lowest BCUT2D eigenvalue weighted by Crippen LogP contribution is -2.50. The third-order valence-electron chi connectivity index (χ3n) is 4.04. The van der Waals surface area contributed by atoms with Crippen LogP contribution in [-0.2, 0) is 4.79 Å². The van der Waals surface area contributed by atoms with Crippen LogP contribution in [-0.4, -0.2) is 28.7 Å². The number of aliphatic carboxylic acids is 1. The van der Waals surface area contributed by atoms with E-state index in [4.69, 9.17) is 5.11 Å². The van der Waals surface area contributed by atoms with Crippen molar-refractivity contribution in [2.45, 2.75) is 31.9 Å². The molecule has 0 aromatic heterocycles. The minimum absolute atomic E-state index is 0.107. The highest BCUT2D eigenvalue weighted by atomic mass is 19.1. The van der Waals surface area contributed by atoms with Crippen LogP contribution in [0.25, 0.3) is 0 Å². The van der Waals surface area contributed by atoms with Crippen molar-refractivity contribution in [2.24, 2.45) is 17.3 Å². The maximum absolute atomic E-state index is 13.2. The molecule has 0 bridgehead atoms. The van der Waals surface area contributed by atoms with Crippen LogP contribution >= 0.6 is 0 Å². The molecular formula is C10H14FNO4. The van der Waals surface area contributed by atoms with Crippen molar-refractivity contribution in [1.82, 2.24) is 0 Å². The molecule has 2 saturated carbocycles. The van der Waals surface area contributed by atoms with Crippen molar-refractivity contribution >= 4 is 5.97 Å². The topological polar surface area (TPSA) is 80.4 Å². The van der Waals surface area contributed by atoms with Gasteiger partial charge in [-0.05, 0) is 31.1 Å². The monoisotopic (exact) mass is 231 g/mol. The molecule has 0 heterocycles. The Morgan fingerprint density at radius 2 is 2.25 bits per heavy atom. The lowest BCUT2D eigenvalue weighted by atomic mass is 9.53. The Bertz CT molecular complexity index is 317. The first-order chi connectivity index (χ1) is 7.43. The second kappa shape index (κ2) is 3.68. The van der Waals surface area contributed by atoms with E-state index in [-0.39, 0.29) is 24.8 Å². The Kier molecular flexibility index (Phi) is 2.59. The third-order valence-corrected chi connectivity index (χ3v) is 4.04. The van der Waals surface area contributed by atoms with E-state index in [2.05, 4.69) is 0 Å². The van der Waals surface area contributed by atoms with E-state index in [1.54, 1.807) is 0 Å². The molecule has 4 atom stereocenters. The van der Waals surface area contributed by atoms with E-state index >= 15 is 0 Å². The fourth-order valence-corrected chi connectivity index (χ4v) is 3.54. The normalized spacial score (nSPS) is 41.2. The molecule has 0 radical (unpaired) electrons. The number of halogens is 1. The summed E-state index contributed by atoms with van der Waals surface area (Å²) in [5.74, 6) is -0.971. The van der Waals surface area contributed by atoms with Gasteiger partial charge in [0.25, 0.3) is 0 Å². The number of alkyl halides is 1. The molecule has 90 valence electrons. The molecule has 0 aliphatic heterocycles. The van der Waals surface area contributed by atoms with Crippen molar-refractivity contribution in [3.05, 3.63) is 10.1 Å². The van der Waals surface area contributed by atoms with Gasteiger partial charge in [-0.25, -0.2) is 4.39 Å². The van der Waals surface area contributed by atoms with Crippen LogP contribution < -0.4 is 0 Å². The Morgan fingerprint density at radius 1 is 1.56 bits per heavy atom. The molecule has 0 aromatic rings. The van der Waals surface area contributed by atoms with Gasteiger partial charge in [-0.3, -0.25) is 14.9 Å². The van der Waals surface area contributed by atoms with Gasteiger partial charge < -0.3 is 5.11 Å². The summed E-state index contributed by atoms with van der Waals surface area (Å²) in [6, 6.07) is 0. The second-order valence-corrected chi connectivity index (χ2v) is 5.06. The number of hydrogen-bond donors (Lipinski definition) is 1. The van der Waals surface area contributed by atoms with E-state index in [1.165, 1.54) is 0 Å². The summed E-state index contributed by atoms with van der Waals surface area (Å²) in [6.07, 6.45) is 0.125. The molecular weight excluding hydrogens is 217 g/mol. The highest BCUT2D eigenvalue weighted by Crippen LogP contribution is 2.61. The number of carbonyl (C=O) groups is 1. The second-order valence-electron chi connectivity index (χ2n) is 5.06. The molecule has 1 unspecified atom stereocenters. The van der Waals surface area contributed by atoms with Crippen molar-refractivity contribution < 1.29 is 19.2 Å². The highest BCUT2D eigenvalue weighted by molar-refractivity contribution is 5.68. The number of rotatable bonds is 4. The van der Waals surface area contributed by atoms with E-state index in [1.807, 2.05) is 0 Å². The molecule has 5 nitrogen and oxygen atoms in total. The van der Waals surface area contributed by atoms with Gasteiger partial charge in [0.15, 0.2) is 0 Å². The Morgan fingerprint density at radius 3 is 2.75 bits per heavy atom. The van der Waals surface area contributed by atoms with Gasteiger partial charge in [-0.15, -0.1) is 0 Å². The highest BCUT2D eigenvalue weighted by Gasteiger charge is 2.61. The molecule has 6 heteroatoms. The first kappa shape index (κ1) is 11.3. The first-order valence-electron chi connectivity index (χ1n) is 5.40. The lowest BCUT2D eigenvalue weighted by Gasteiger charge is -2.49. The van der Waals surface area contributed by atoms with Gasteiger partial charge in [0.05, 0.1) is 6.42 Å². The summed E-state index contributed by atoms with van der Waals surface area (Å²) >= 11 is 0. The average molecular weight is 231 g/mol. The fourth-order valence-electron chi connectivity index (χ4n) is 3.54. The quantitative estimate of drug-likeness (QED) is 0.587. The molecule has 2 fully saturated rings. The molecule has 0 saturated heterocycles. The molecule has 2 rings (SSSR count). The number of carboxylic acid groups (broad SMARTS) is 1. The van der Waals surface area contributed by atoms with Crippen molar-refractivity contribution in [3.63, 3.8) is 0 Å². The molecule has 0 aromatic carbocycles. The van der Waals surface area contributed by atoms with Crippen LogP contribution in [0.1, 0.15) is 25.7 Å². The zero-order chi connectivity index (χ0) is 11.9. The number of hydrogen-bond acceptors (Lipinski definition) is 3. The summed E-state index contributed by atoms with van der Waals surface area (Å²) < 4.78 is 13.2. The van der Waals surface area contributed by atoms with E-state index in [9.17, 15) is 19.3 Å². The standard InChI is InChI=1S/C10H14FNO4/c11-7-1-6-3-10(4-9(13)14,5-12(15)16)8(6)2-7/h6-8H,1-5H2,(H,13,14)/t6-,7+,8-,10?/m1/s1. The van der Waals surface area contributed by atoms with Gasteiger partial charge in [0.2, 0.25) is 6.54 Å². The third kappa shape index (κ3) is 1.76.